The molecule has 1 heterocycles. The number of nitrogens with one attached hydrogen (secondary N) is 1. The molecule has 1 aliphatic rings. The summed E-state index contributed by atoms with van der Waals surface area (Å²) in [5, 5.41) is 0. The van der Waals surface area contributed by atoms with Crippen LogP contribution in [-0.2, 0) is 0 Å². The molecule has 4 heteroatoms. The average Bonchev–Trinajstić information content (AvgIpc) is 2.83. The van der Waals surface area contributed by atoms with Crippen molar-refractivity contribution in [1.82, 2.24) is 9.97 Å². The number of benzene rings is 1. The Morgan fingerprint density at radius 3 is 3.00 bits per heavy atom. The Kier molecular flexibility index (Phi) is 2.17. The zero-order valence-corrected chi connectivity index (χ0v) is 8.91. The number of hydrogen-bond donors (Lipinski definition) is 2. The van der Waals surface area contributed by atoms with Crippen molar-refractivity contribution in [1.29, 1.82) is 0 Å². The molecule has 1 aliphatic carbocycles. The van der Waals surface area contributed by atoms with Gasteiger partial charge in [0.2, 0.25) is 0 Å². The van der Waals surface area contributed by atoms with Crippen LogP contribution in [0.15, 0.2) is 18.2 Å². The largest absolute Gasteiger partial charge is 0.342 e. The number of rotatable bonds is 1. The first-order valence-corrected chi connectivity index (χ1v) is 5.63. The normalized spacial score (nSPS) is 25.4. The smallest absolute Gasteiger partial charge is 0.125 e. The number of hydrogen-bond acceptors (Lipinski definition) is 2. The molecule has 0 unspecified atom stereocenters. The Morgan fingerprint density at radius 2 is 2.25 bits per heavy atom. The second-order valence-corrected chi connectivity index (χ2v) is 4.55. The van der Waals surface area contributed by atoms with Crippen LogP contribution in [0.4, 0.5) is 4.39 Å². The number of fused-ring (bicyclic) bond motifs is 1. The van der Waals surface area contributed by atoms with Crippen molar-refractivity contribution >= 4 is 11.0 Å². The molecule has 3 N–H and O–H groups in total. The second kappa shape index (κ2) is 3.56. The van der Waals surface area contributed by atoms with Gasteiger partial charge in [0.15, 0.2) is 0 Å². The zero-order valence-electron chi connectivity index (χ0n) is 8.91. The Bertz CT molecular complexity index is 520. The van der Waals surface area contributed by atoms with Crippen LogP contribution in [0.2, 0.25) is 0 Å². The third-order valence-corrected chi connectivity index (χ3v) is 3.32. The van der Waals surface area contributed by atoms with E-state index >= 15 is 0 Å². The summed E-state index contributed by atoms with van der Waals surface area (Å²) in [7, 11) is 0. The summed E-state index contributed by atoms with van der Waals surface area (Å²) in [6, 6.07) is 4.92. The predicted molar refractivity (Wildman–Crippen MR) is 60.6 cm³/mol. The zero-order chi connectivity index (χ0) is 11.1. The molecule has 1 fully saturated rings. The minimum atomic E-state index is -0.231. The molecule has 3 nitrogen and oxygen atoms in total. The van der Waals surface area contributed by atoms with Gasteiger partial charge < -0.3 is 10.7 Å². The first-order chi connectivity index (χ1) is 7.72. The third kappa shape index (κ3) is 1.59. The lowest BCUT2D eigenvalue weighted by molar-refractivity contribution is 0.629. The van der Waals surface area contributed by atoms with Crippen LogP contribution in [0.25, 0.3) is 11.0 Å². The van der Waals surface area contributed by atoms with Crippen molar-refractivity contribution in [3.63, 3.8) is 0 Å². The van der Waals surface area contributed by atoms with Gasteiger partial charge in [-0.3, -0.25) is 0 Å². The first kappa shape index (κ1) is 9.78. The Hall–Kier alpha value is -1.42. The van der Waals surface area contributed by atoms with E-state index in [1.54, 1.807) is 6.07 Å². The highest BCUT2D eigenvalue weighted by atomic mass is 19.1. The van der Waals surface area contributed by atoms with Gasteiger partial charge in [-0.25, -0.2) is 9.37 Å². The lowest BCUT2D eigenvalue weighted by atomic mass is 10.1. The van der Waals surface area contributed by atoms with Gasteiger partial charge in [0.25, 0.3) is 0 Å². The maximum atomic E-state index is 13.0. The van der Waals surface area contributed by atoms with Crippen LogP contribution in [0.5, 0.6) is 0 Å². The summed E-state index contributed by atoms with van der Waals surface area (Å²) in [6.45, 7) is 0. The summed E-state index contributed by atoms with van der Waals surface area (Å²) in [6.07, 6.45) is 3.10. The summed E-state index contributed by atoms with van der Waals surface area (Å²) < 4.78 is 13.0. The fraction of sp³-hybridized carbons (Fsp3) is 0.417. The van der Waals surface area contributed by atoms with Crippen LogP contribution in [0, 0.1) is 5.82 Å². The summed E-state index contributed by atoms with van der Waals surface area (Å²) in [5.74, 6) is 1.13. The molecule has 0 amide bonds. The minimum Gasteiger partial charge on any atom is -0.342 e. The SMILES string of the molecule is N[C@H]1CC[C@@H](c2nc3ccc(F)cc3[nH]2)C1. The maximum absolute atomic E-state index is 13.0. The second-order valence-electron chi connectivity index (χ2n) is 4.55. The molecule has 0 aliphatic heterocycles. The maximum Gasteiger partial charge on any atom is 0.125 e. The van der Waals surface area contributed by atoms with Crippen LogP contribution >= 0.6 is 0 Å². The highest BCUT2D eigenvalue weighted by Crippen LogP contribution is 2.32. The highest BCUT2D eigenvalue weighted by Gasteiger charge is 2.25. The summed E-state index contributed by atoms with van der Waals surface area (Å²) >= 11 is 0. The van der Waals surface area contributed by atoms with Gasteiger partial charge in [-0.05, 0) is 37.5 Å². The number of halogens is 1. The van der Waals surface area contributed by atoms with Gasteiger partial charge >= 0.3 is 0 Å². The average molecular weight is 219 g/mol. The standard InChI is InChI=1S/C12H14FN3/c13-8-2-4-10-11(6-8)16-12(15-10)7-1-3-9(14)5-7/h2,4,6-7,9H,1,3,5,14H2,(H,15,16)/t7-,9+/m1/s1. The molecule has 84 valence electrons. The van der Waals surface area contributed by atoms with Crippen molar-refractivity contribution in [2.24, 2.45) is 5.73 Å². The number of imidazole rings is 1. The topological polar surface area (TPSA) is 54.7 Å². The lowest BCUT2D eigenvalue weighted by Crippen LogP contribution is -2.14. The van der Waals surface area contributed by atoms with Gasteiger partial charge in [-0.1, -0.05) is 0 Å². The molecule has 1 aromatic carbocycles. The summed E-state index contributed by atoms with van der Waals surface area (Å²) in [5.41, 5.74) is 7.48. The van der Waals surface area contributed by atoms with Gasteiger partial charge in [-0.15, -0.1) is 0 Å². The fourth-order valence-electron chi connectivity index (χ4n) is 2.46. The first-order valence-electron chi connectivity index (χ1n) is 5.63. The molecular formula is C12H14FN3. The molecule has 2 aromatic rings. The molecule has 2 atom stereocenters. The van der Waals surface area contributed by atoms with Crippen LogP contribution in [-0.4, -0.2) is 16.0 Å². The molecular weight excluding hydrogens is 205 g/mol. The quantitative estimate of drug-likeness (QED) is 0.773. The number of nitrogens with zero attached hydrogens (tertiary/aromatic N) is 1. The van der Waals surface area contributed by atoms with E-state index in [1.165, 1.54) is 12.1 Å². The highest BCUT2D eigenvalue weighted by molar-refractivity contribution is 5.75. The van der Waals surface area contributed by atoms with Gasteiger partial charge in [0, 0.05) is 12.0 Å². The van der Waals surface area contributed by atoms with E-state index in [9.17, 15) is 4.39 Å². The van der Waals surface area contributed by atoms with E-state index in [0.717, 1.165) is 36.1 Å². The van der Waals surface area contributed by atoms with E-state index in [2.05, 4.69) is 9.97 Å². The van der Waals surface area contributed by atoms with Crippen LogP contribution < -0.4 is 5.73 Å². The van der Waals surface area contributed by atoms with Crippen molar-refractivity contribution < 1.29 is 4.39 Å². The predicted octanol–water partition coefficient (Wildman–Crippen LogP) is 2.30. The monoisotopic (exact) mass is 219 g/mol. The van der Waals surface area contributed by atoms with E-state index in [0.29, 0.717) is 5.92 Å². The number of H-pyrrole nitrogens is 1. The van der Waals surface area contributed by atoms with E-state index < -0.39 is 0 Å². The third-order valence-electron chi connectivity index (χ3n) is 3.32. The summed E-state index contributed by atoms with van der Waals surface area (Å²) in [4.78, 5) is 7.68. The number of nitrogens with two attached hydrogens (primary N) is 1. The van der Waals surface area contributed by atoms with Gasteiger partial charge in [-0.2, -0.15) is 0 Å². The molecule has 1 aromatic heterocycles. The molecule has 0 radical (unpaired) electrons. The van der Waals surface area contributed by atoms with Crippen LogP contribution in [0.1, 0.15) is 31.0 Å². The minimum absolute atomic E-state index is 0.231. The van der Waals surface area contributed by atoms with E-state index in [1.807, 2.05) is 0 Å². The Labute approximate surface area is 92.9 Å². The lowest BCUT2D eigenvalue weighted by Gasteiger charge is -2.04. The fourth-order valence-corrected chi connectivity index (χ4v) is 2.46. The Balaban J connectivity index is 1.99. The van der Waals surface area contributed by atoms with E-state index in [4.69, 9.17) is 5.73 Å². The molecule has 16 heavy (non-hydrogen) atoms. The van der Waals surface area contributed by atoms with Crippen LogP contribution in [0.3, 0.4) is 0 Å². The molecule has 0 saturated heterocycles. The molecule has 3 rings (SSSR count). The molecule has 0 bridgehead atoms. The van der Waals surface area contributed by atoms with Crippen molar-refractivity contribution in [2.45, 2.75) is 31.2 Å². The van der Waals surface area contributed by atoms with E-state index in [-0.39, 0.29) is 11.9 Å². The van der Waals surface area contributed by atoms with Gasteiger partial charge in [0.1, 0.15) is 11.6 Å². The number of aromatic nitrogens is 2. The molecule has 1 saturated carbocycles. The van der Waals surface area contributed by atoms with Crippen molar-refractivity contribution in [3.05, 3.63) is 29.8 Å². The Morgan fingerprint density at radius 1 is 1.38 bits per heavy atom. The molecule has 0 spiro atoms. The van der Waals surface area contributed by atoms with Gasteiger partial charge in [0.05, 0.1) is 11.0 Å². The van der Waals surface area contributed by atoms with Crippen molar-refractivity contribution in [2.75, 3.05) is 0 Å². The number of aromatic amines is 1. The van der Waals surface area contributed by atoms with Crippen molar-refractivity contribution in [3.8, 4) is 0 Å².